The molecule has 6 nitrogen and oxygen atoms in total. The molecule has 152 valence electrons. The number of hydrogen-bond acceptors (Lipinski definition) is 6. The summed E-state index contributed by atoms with van der Waals surface area (Å²) in [6.07, 6.45) is 2.99. The smallest absolute Gasteiger partial charge is 0.306 e. The van der Waals surface area contributed by atoms with Crippen LogP contribution in [0.25, 0.3) is 22.0 Å². The Kier molecular flexibility index (Phi) is 6.39. The van der Waals surface area contributed by atoms with E-state index in [1.807, 2.05) is 35.8 Å². The molecule has 1 fully saturated rings. The van der Waals surface area contributed by atoms with Gasteiger partial charge in [-0.25, -0.2) is 0 Å². The minimum Gasteiger partial charge on any atom is -0.466 e. The summed E-state index contributed by atoms with van der Waals surface area (Å²) in [5.74, 6) is -0.367. The number of hydrogen-bond donors (Lipinski definition) is 2. The molecule has 3 heterocycles. The minimum absolute atomic E-state index is 0.0298. The van der Waals surface area contributed by atoms with Crippen LogP contribution in [-0.4, -0.2) is 49.1 Å². The van der Waals surface area contributed by atoms with Crippen molar-refractivity contribution in [3.63, 3.8) is 0 Å². The highest BCUT2D eigenvalue weighted by Crippen LogP contribution is 2.32. The van der Waals surface area contributed by atoms with Gasteiger partial charge in [-0.3, -0.25) is 9.59 Å². The second-order valence-electron chi connectivity index (χ2n) is 7.08. The lowest BCUT2D eigenvalue weighted by atomic mass is 10.1. The van der Waals surface area contributed by atoms with E-state index in [9.17, 15) is 9.59 Å². The van der Waals surface area contributed by atoms with Crippen LogP contribution in [0.1, 0.15) is 28.9 Å². The number of carbonyl (C=O) groups excluding carboxylic acids is 2. The molecule has 0 radical (unpaired) electrons. The largest absolute Gasteiger partial charge is 0.466 e. The van der Waals surface area contributed by atoms with Gasteiger partial charge in [0, 0.05) is 48.6 Å². The van der Waals surface area contributed by atoms with Gasteiger partial charge in [0.05, 0.1) is 30.6 Å². The van der Waals surface area contributed by atoms with Crippen molar-refractivity contribution in [3.05, 3.63) is 46.8 Å². The molecule has 0 bridgehead atoms. The fourth-order valence-electron chi connectivity index (χ4n) is 3.45. The zero-order chi connectivity index (χ0) is 20.1. The molecule has 7 heteroatoms. The van der Waals surface area contributed by atoms with Gasteiger partial charge in [0.1, 0.15) is 0 Å². The lowest BCUT2D eigenvalue weighted by Crippen LogP contribution is -2.39. The zero-order valence-corrected chi connectivity index (χ0v) is 16.9. The predicted octanol–water partition coefficient (Wildman–Crippen LogP) is 3.78. The number of para-hydroxylation sites is 1. The molecule has 1 saturated heterocycles. The van der Waals surface area contributed by atoms with Crippen LogP contribution in [0.2, 0.25) is 0 Å². The van der Waals surface area contributed by atoms with Crippen molar-refractivity contribution in [1.82, 2.24) is 10.3 Å². The Balaban J connectivity index is 1.26. The highest BCUT2D eigenvalue weighted by atomic mass is 32.1. The van der Waals surface area contributed by atoms with E-state index in [1.165, 1.54) is 11.3 Å². The van der Waals surface area contributed by atoms with Crippen LogP contribution in [0.15, 0.2) is 41.9 Å². The SMILES string of the molecule is O=C(CCC(=O)c1cc(-c2c[nH]c3ccccc23)cs1)OCCC1CNCCO1. The highest BCUT2D eigenvalue weighted by molar-refractivity contribution is 7.12. The van der Waals surface area contributed by atoms with Crippen LogP contribution in [0.3, 0.4) is 0 Å². The number of ether oxygens (including phenoxy) is 2. The van der Waals surface area contributed by atoms with E-state index in [4.69, 9.17) is 9.47 Å². The maximum atomic E-state index is 12.5. The Labute approximate surface area is 173 Å². The molecule has 4 rings (SSSR count). The molecule has 1 aliphatic heterocycles. The third kappa shape index (κ3) is 4.93. The number of aromatic amines is 1. The van der Waals surface area contributed by atoms with Crippen LogP contribution >= 0.6 is 11.3 Å². The number of Topliss-reactive ketones (excluding diaryl/α,β-unsaturated/α-hetero) is 1. The number of benzene rings is 1. The van der Waals surface area contributed by atoms with Crippen molar-refractivity contribution in [3.8, 4) is 11.1 Å². The molecule has 3 aromatic rings. The number of H-pyrrole nitrogens is 1. The van der Waals surface area contributed by atoms with Gasteiger partial charge in [-0.15, -0.1) is 11.3 Å². The van der Waals surface area contributed by atoms with Crippen molar-refractivity contribution in [1.29, 1.82) is 0 Å². The summed E-state index contributed by atoms with van der Waals surface area (Å²) in [4.78, 5) is 28.3. The first-order valence-electron chi connectivity index (χ1n) is 9.87. The van der Waals surface area contributed by atoms with E-state index in [2.05, 4.69) is 16.4 Å². The Morgan fingerprint density at radius 2 is 2.14 bits per heavy atom. The maximum Gasteiger partial charge on any atom is 0.306 e. The first-order valence-corrected chi connectivity index (χ1v) is 10.7. The monoisotopic (exact) mass is 412 g/mol. The first-order chi connectivity index (χ1) is 14.2. The van der Waals surface area contributed by atoms with Crippen LogP contribution in [0.4, 0.5) is 0 Å². The molecular formula is C22H24N2O4S. The molecule has 2 aromatic heterocycles. The summed E-state index contributed by atoms with van der Waals surface area (Å²) < 4.78 is 10.8. The average Bonchev–Trinajstić information content (AvgIpc) is 3.40. The molecule has 2 N–H and O–H groups in total. The number of morpholine rings is 1. The highest BCUT2D eigenvalue weighted by Gasteiger charge is 2.16. The summed E-state index contributed by atoms with van der Waals surface area (Å²) >= 11 is 1.41. The van der Waals surface area contributed by atoms with Gasteiger partial charge in [0.25, 0.3) is 0 Å². The lowest BCUT2D eigenvalue weighted by Gasteiger charge is -2.23. The molecular weight excluding hydrogens is 388 g/mol. The Bertz CT molecular complexity index is 988. The van der Waals surface area contributed by atoms with Gasteiger partial charge in [-0.2, -0.15) is 0 Å². The van der Waals surface area contributed by atoms with Crippen molar-refractivity contribution < 1.29 is 19.1 Å². The summed E-state index contributed by atoms with van der Waals surface area (Å²) in [6.45, 7) is 2.66. The van der Waals surface area contributed by atoms with Crippen LogP contribution in [0, 0.1) is 0 Å². The van der Waals surface area contributed by atoms with E-state index in [0.29, 0.717) is 24.5 Å². The lowest BCUT2D eigenvalue weighted by molar-refractivity contribution is -0.144. The second kappa shape index (κ2) is 9.35. The fraction of sp³-hybridized carbons (Fsp3) is 0.364. The third-order valence-electron chi connectivity index (χ3n) is 5.04. The normalized spacial score (nSPS) is 16.8. The van der Waals surface area contributed by atoms with Crippen LogP contribution in [-0.2, 0) is 14.3 Å². The molecule has 1 unspecified atom stereocenters. The molecule has 0 spiro atoms. The van der Waals surface area contributed by atoms with Gasteiger partial charge < -0.3 is 19.8 Å². The molecule has 1 aromatic carbocycles. The predicted molar refractivity (Wildman–Crippen MR) is 113 cm³/mol. The summed E-state index contributed by atoms with van der Waals surface area (Å²) in [5, 5.41) is 6.36. The maximum absolute atomic E-state index is 12.5. The number of nitrogens with one attached hydrogen (secondary N) is 2. The van der Waals surface area contributed by atoms with Gasteiger partial charge in [-0.05, 0) is 23.1 Å². The first kappa shape index (κ1) is 19.8. The fourth-order valence-corrected chi connectivity index (χ4v) is 4.33. The minimum atomic E-state index is -0.337. The van der Waals surface area contributed by atoms with Crippen molar-refractivity contribution in [2.45, 2.75) is 25.4 Å². The quantitative estimate of drug-likeness (QED) is 0.435. The van der Waals surface area contributed by atoms with Gasteiger partial charge in [0.2, 0.25) is 0 Å². The van der Waals surface area contributed by atoms with Crippen molar-refractivity contribution in [2.75, 3.05) is 26.3 Å². The van der Waals surface area contributed by atoms with E-state index in [1.54, 1.807) is 0 Å². The number of aromatic nitrogens is 1. The molecule has 0 amide bonds. The Hall–Kier alpha value is -2.48. The Morgan fingerprint density at radius 1 is 1.24 bits per heavy atom. The van der Waals surface area contributed by atoms with E-state index in [-0.39, 0.29) is 30.7 Å². The zero-order valence-electron chi connectivity index (χ0n) is 16.1. The van der Waals surface area contributed by atoms with E-state index < -0.39 is 0 Å². The molecule has 29 heavy (non-hydrogen) atoms. The summed E-state index contributed by atoms with van der Waals surface area (Å²) in [6, 6.07) is 9.98. The number of rotatable bonds is 8. The number of carbonyl (C=O) groups is 2. The second-order valence-corrected chi connectivity index (χ2v) is 7.99. The van der Waals surface area contributed by atoms with E-state index >= 15 is 0 Å². The molecule has 0 aliphatic carbocycles. The average molecular weight is 413 g/mol. The summed E-state index contributed by atoms with van der Waals surface area (Å²) in [7, 11) is 0. The van der Waals surface area contributed by atoms with Gasteiger partial charge in [0.15, 0.2) is 5.78 Å². The molecule has 1 atom stereocenters. The molecule has 1 aliphatic rings. The number of fused-ring (bicyclic) bond motifs is 1. The molecule has 0 saturated carbocycles. The third-order valence-corrected chi connectivity index (χ3v) is 6.01. The standard InChI is InChI=1S/C22H24N2O4S/c25-20(5-6-22(26)28-9-7-16-12-23-8-10-27-16)21-11-15(14-29-21)18-13-24-19-4-2-1-3-17(18)19/h1-4,11,13-14,16,23-24H,5-10,12H2. The number of esters is 1. The number of ketones is 1. The van der Waals surface area contributed by atoms with Gasteiger partial charge >= 0.3 is 5.97 Å². The number of thiophene rings is 1. The Morgan fingerprint density at radius 3 is 3.00 bits per heavy atom. The summed E-state index contributed by atoms with van der Waals surface area (Å²) in [5.41, 5.74) is 3.16. The van der Waals surface area contributed by atoms with Crippen LogP contribution < -0.4 is 5.32 Å². The van der Waals surface area contributed by atoms with E-state index in [0.717, 1.165) is 35.1 Å². The van der Waals surface area contributed by atoms with Crippen molar-refractivity contribution >= 4 is 34.0 Å². The van der Waals surface area contributed by atoms with Gasteiger partial charge in [-0.1, -0.05) is 18.2 Å². The van der Waals surface area contributed by atoms with Crippen LogP contribution in [0.5, 0.6) is 0 Å². The van der Waals surface area contributed by atoms with Crippen molar-refractivity contribution in [2.24, 2.45) is 0 Å². The topological polar surface area (TPSA) is 80.4 Å².